The Kier molecular flexibility index (Phi) is 2.71. The van der Waals surface area contributed by atoms with Crippen LogP contribution < -0.4 is 5.32 Å². The Morgan fingerprint density at radius 3 is 2.50 bits per heavy atom. The number of fused-ring (bicyclic) bond motifs is 3. The highest BCUT2D eigenvalue weighted by Crippen LogP contribution is 2.40. The molecule has 0 amide bonds. The summed E-state index contributed by atoms with van der Waals surface area (Å²) in [5.74, 6) is 0.118. The summed E-state index contributed by atoms with van der Waals surface area (Å²) in [5.41, 5.74) is 4.60. The number of ketones is 1. The minimum atomic E-state index is 0.118. The van der Waals surface area contributed by atoms with Crippen LogP contribution in [0.1, 0.15) is 22.8 Å². The van der Waals surface area contributed by atoms with Crippen LogP contribution in [-0.4, -0.2) is 12.3 Å². The Labute approximate surface area is 114 Å². The second kappa shape index (κ2) is 4.25. The smallest absolute Gasteiger partial charge is 0.194 e. The topological polar surface area (TPSA) is 29.1 Å². The van der Waals surface area contributed by atoms with Crippen molar-refractivity contribution in [3.05, 3.63) is 52.0 Å². The molecule has 0 bridgehead atoms. The van der Waals surface area contributed by atoms with E-state index in [1.165, 1.54) is 0 Å². The van der Waals surface area contributed by atoms with Gasteiger partial charge in [0.25, 0.3) is 0 Å². The molecule has 0 radical (unpaired) electrons. The molecule has 0 fully saturated rings. The number of carbonyl (C=O) groups excluding carboxylic acids is 1. The molecule has 2 aromatic carbocycles. The van der Waals surface area contributed by atoms with Crippen molar-refractivity contribution in [3.63, 3.8) is 0 Å². The zero-order valence-corrected chi connectivity index (χ0v) is 11.5. The highest BCUT2D eigenvalue weighted by Gasteiger charge is 2.27. The molecule has 0 aromatic heterocycles. The molecule has 3 rings (SSSR count). The van der Waals surface area contributed by atoms with Crippen LogP contribution in [0, 0.1) is 0 Å². The van der Waals surface area contributed by atoms with E-state index >= 15 is 0 Å². The first-order valence-electron chi connectivity index (χ1n) is 5.94. The molecular formula is C15H12BrNO. The summed E-state index contributed by atoms with van der Waals surface area (Å²) >= 11 is 3.55. The summed E-state index contributed by atoms with van der Waals surface area (Å²) in [7, 11) is 0. The van der Waals surface area contributed by atoms with Gasteiger partial charge in [-0.15, -0.1) is 0 Å². The van der Waals surface area contributed by atoms with Crippen molar-refractivity contribution < 1.29 is 4.79 Å². The molecular weight excluding hydrogens is 290 g/mol. The van der Waals surface area contributed by atoms with Crippen molar-refractivity contribution in [3.8, 4) is 11.1 Å². The van der Waals surface area contributed by atoms with E-state index < -0.39 is 0 Å². The van der Waals surface area contributed by atoms with Crippen molar-refractivity contribution in [1.29, 1.82) is 0 Å². The van der Waals surface area contributed by atoms with Gasteiger partial charge in [-0.25, -0.2) is 0 Å². The SMILES string of the molecule is CCNc1cc2c(cc1Br)-c1ccccc1C2=O. The summed E-state index contributed by atoms with van der Waals surface area (Å²) in [6.45, 7) is 2.87. The summed E-state index contributed by atoms with van der Waals surface area (Å²) < 4.78 is 0.993. The van der Waals surface area contributed by atoms with Crippen molar-refractivity contribution in [2.75, 3.05) is 11.9 Å². The molecule has 90 valence electrons. The molecule has 1 N–H and O–H groups in total. The number of rotatable bonds is 2. The maximum atomic E-state index is 12.3. The van der Waals surface area contributed by atoms with Gasteiger partial charge < -0.3 is 5.32 Å². The molecule has 1 aliphatic rings. The Hall–Kier alpha value is -1.61. The average molecular weight is 302 g/mol. The molecule has 0 heterocycles. The number of benzene rings is 2. The maximum Gasteiger partial charge on any atom is 0.194 e. The lowest BCUT2D eigenvalue weighted by Gasteiger charge is -2.08. The van der Waals surface area contributed by atoms with E-state index in [0.29, 0.717) is 0 Å². The largest absolute Gasteiger partial charge is 0.384 e. The Morgan fingerprint density at radius 2 is 1.78 bits per heavy atom. The quantitative estimate of drug-likeness (QED) is 0.772. The predicted molar refractivity (Wildman–Crippen MR) is 77.2 cm³/mol. The minimum absolute atomic E-state index is 0.118. The second-order valence-corrected chi connectivity index (χ2v) is 5.14. The number of hydrogen-bond acceptors (Lipinski definition) is 2. The van der Waals surface area contributed by atoms with Crippen LogP contribution in [0.15, 0.2) is 40.9 Å². The van der Waals surface area contributed by atoms with E-state index in [9.17, 15) is 4.79 Å². The van der Waals surface area contributed by atoms with E-state index in [1.54, 1.807) is 0 Å². The Balaban J connectivity index is 2.23. The van der Waals surface area contributed by atoms with E-state index in [4.69, 9.17) is 0 Å². The number of anilines is 1. The monoisotopic (exact) mass is 301 g/mol. The standard InChI is InChI=1S/C15H12BrNO/c1-2-17-14-8-12-11(7-13(14)16)9-5-3-4-6-10(9)15(12)18/h3-8,17H,2H2,1H3. The molecule has 3 heteroatoms. The second-order valence-electron chi connectivity index (χ2n) is 4.28. The van der Waals surface area contributed by atoms with Gasteiger partial charge in [0.1, 0.15) is 0 Å². The average Bonchev–Trinajstić information content (AvgIpc) is 2.65. The molecule has 0 unspecified atom stereocenters. The van der Waals surface area contributed by atoms with Gasteiger partial charge in [0, 0.05) is 27.8 Å². The van der Waals surface area contributed by atoms with Crippen LogP contribution in [0.4, 0.5) is 5.69 Å². The number of hydrogen-bond donors (Lipinski definition) is 1. The first-order valence-corrected chi connectivity index (χ1v) is 6.73. The van der Waals surface area contributed by atoms with Gasteiger partial charge in [-0.1, -0.05) is 24.3 Å². The van der Waals surface area contributed by atoms with Gasteiger partial charge in [0.15, 0.2) is 5.78 Å². The number of halogens is 1. The predicted octanol–water partition coefficient (Wildman–Crippen LogP) is 4.09. The van der Waals surface area contributed by atoms with E-state index in [0.717, 1.165) is 39.0 Å². The van der Waals surface area contributed by atoms with E-state index in [1.807, 2.05) is 43.3 Å². The summed E-state index contributed by atoms with van der Waals surface area (Å²) in [5, 5.41) is 3.25. The third-order valence-electron chi connectivity index (χ3n) is 3.18. The Bertz CT molecular complexity index is 649. The molecule has 0 aliphatic heterocycles. The van der Waals surface area contributed by atoms with Gasteiger partial charge in [-0.2, -0.15) is 0 Å². The first kappa shape index (κ1) is 11.5. The molecule has 0 atom stereocenters. The molecule has 0 saturated heterocycles. The fourth-order valence-electron chi connectivity index (χ4n) is 2.37. The van der Waals surface area contributed by atoms with Crippen LogP contribution in [-0.2, 0) is 0 Å². The summed E-state index contributed by atoms with van der Waals surface area (Å²) in [6.07, 6.45) is 0. The first-order chi connectivity index (χ1) is 8.72. The van der Waals surface area contributed by atoms with Crippen LogP contribution in [0.2, 0.25) is 0 Å². The van der Waals surface area contributed by atoms with E-state index in [2.05, 4.69) is 21.2 Å². The summed E-state index contributed by atoms with van der Waals surface area (Å²) in [6, 6.07) is 11.7. The molecule has 0 saturated carbocycles. The van der Waals surface area contributed by atoms with Crippen LogP contribution >= 0.6 is 15.9 Å². The lowest BCUT2D eigenvalue weighted by atomic mass is 10.1. The lowest BCUT2D eigenvalue weighted by Crippen LogP contribution is -2.00. The molecule has 18 heavy (non-hydrogen) atoms. The number of carbonyl (C=O) groups is 1. The highest BCUT2D eigenvalue weighted by atomic mass is 79.9. The molecule has 1 aliphatic carbocycles. The lowest BCUT2D eigenvalue weighted by molar-refractivity contribution is 0.104. The van der Waals surface area contributed by atoms with Gasteiger partial charge in [-0.3, -0.25) is 4.79 Å². The Morgan fingerprint density at radius 1 is 1.06 bits per heavy atom. The third-order valence-corrected chi connectivity index (χ3v) is 3.84. The normalized spacial score (nSPS) is 12.2. The van der Waals surface area contributed by atoms with Crippen molar-refractivity contribution in [2.45, 2.75) is 6.92 Å². The van der Waals surface area contributed by atoms with Crippen molar-refractivity contribution >= 4 is 27.4 Å². The van der Waals surface area contributed by atoms with Crippen LogP contribution in [0.3, 0.4) is 0 Å². The zero-order valence-electron chi connectivity index (χ0n) is 9.96. The van der Waals surface area contributed by atoms with E-state index in [-0.39, 0.29) is 5.78 Å². The molecule has 2 aromatic rings. The molecule has 2 nitrogen and oxygen atoms in total. The van der Waals surface area contributed by atoms with Crippen LogP contribution in [0.5, 0.6) is 0 Å². The van der Waals surface area contributed by atoms with Crippen LogP contribution in [0.25, 0.3) is 11.1 Å². The molecule has 0 spiro atoms. The van der Waals surface area contributed by atoms with Gasteiger partial charge in [0.2, 0.25) is 0 Å². The van der Waals surface area contributed by atoms with Gasteiger partial charge in [0.05, 0.1) is 0 Å². The van der Waals surface area contributed by atoms with Crippen molar-refractivity contribution in [2.24, 2.45) is 0 Å². The highest BCUT2D eigenvalue weighted by molar-refractivity contribution is 9.10. The minimum Gasteiger partial charge on any atom is -0.384 e. The van der Waals surface area contributed by atoms with Gasteiger partial charge >= 0.3 is 0 Å². The zero-order chi connectivity index (χ0) is 12.7. The van der Waals surface area contributed by atoms with Gasteiger partial charge in [-0.05, 0) is 46.1 Å². The maximum absolute atomic E-state index is 12.3. The fourth-order valence-corrected chi connectivity index (χ4v) is 2.85. The fraction of sp³-hybridized carbons (Fsp3) is 0.133. The summed E-state index contributed by atoms with van der Waals surface area (Å²) in [4.78, 5) is 12.3. The third kappa shape index (κ3) is 1.58. The van der Waals surface area contributed by atoms with Crippen molar-refractivity contribution in [1.82, 2.24) is 0 Å². The number of nitrogens with one attached hydrogen (secondary N) is 1.